The number of thiazole rings is 1. The lowest BCUT2D eigenvalue weighted by Gasteiger charge is -2.03. The lowest BCUT2D eigenvalue weighted by Crippen LogP contribution is -2.03. The predicted octanol–water partition coefficient (Wildman–Crippen LogP) is 2.43. The van der Waals surface area contributed by atoms with Gasteiger partial charge in [0.05, 0.1) is 13.7 Å². The molecule has 0 bridgehead atoms. The molecule has 100 valence electrons. The number of hydrogen-bond acceptors (Lipinski definition) is 7. The van der Waals surface area contributed by atoms with E-state index in [0.717, 1.165) is 27.2 Å². The van der Waals surface area contributed by atoms with Crippen molar-refractivity contribution in [3.8, 4) is 5.88 Å². The largest absolute Gasteiger partial charge is 0.480 e. The molecule has 1 N–H and O–H groups in total. The van der Waals surface area contributed by atoms with Crippen molar-refractivity contribution in [2.24, 2.45) is 0 Å². The number of nitrogens with one attached hydrogen (secondary N) is 1. The van der Waals surface area contributed by atoms with Crippen molar-refractivity contribution in [2.45, 2.75) is 19.9 Å². The summed E-state index contributed by atoms with van der Waals surface area (Å²) in [5.41, 5.74) is 0.993. The van der Waals surface area contributed by atoms with Crippen molar-refractivity contribution >= 4 is 32.8 Å². The number of methoxy groups -OCH3 is 1. The highest BCUT2D eigenvalue weighted by molar-refractivity contribution is 7.15. The van der Waals surface area contributed by atoms with E-state index < -0.39 is 0 Å². The molecule has 0 aromatic carbocycles. The van der Waals surface area contributed by atoms with Gasteiger partial charge >= 0.3 is 0 Å². The van der Waals surface area contributed by atoms with Crippen LogP contribution in [0.25, 0.3) is 4.96 Å². The SMILES string of the molecule is CCc1nnc(NCc2c(OC)nc3sccn23)s1. The molecular formula is C11H13N5OS2. The molecule has 19 heavy (non-hydrogen) atoms. The first-order chi connectivity index (χ1) is 9.31. The Balaban J connectivity index is 1.82. The summed E-state index contributed by atoms with van der Waals surface area (Å²) in [6, 6.07) is 0. The van der Waals surface area contributed by atoms with Gasteiger partial charge in [-0.2, -0.15) is 4.98 Å². The topological polar surface area (TPSA) is 64.3 Å². The molecular weight excluding hydrogens is 282 g/mol. The normalized spacial score (nSPS) is 11.1. The van der Waals surface area contributed by atoms with Gasteiger partial charge in [-0.3, -0.25) is 4.40 Å². The van der Waals surface area contributed by atoms with Gasteiger partial charge in [0.25, 0.3) is 0 Å². The maximum atomic E-state index is 5.31. The molecule has 0 saturated heterocycles. The third kappa shape index (κ3) is 2.28. The number of anilines is 1. The summed E-state index contributed by atoms with van der Waals surface area (Å²) in [7, 11) is 1.63. The van der Waals surface area contributed by atoms with Crippen LogP contribution in [0.1, 0.15) is 17.6 Å². The molecule has 0 aliphatic carbocycles. The number of aryl methyl sites for hydroxylation is 1. The fourth-order valence-electron chi connectivity index (χ4n) is 1.76. The van der Waals surface area contributed by atoms with Crippen LogP contribution in [0.2, 0.25) is 0 Å². The maximum absolute atomic E-state index is 5.31. The summed E-state index contributed by atoms with van der Waals surface area (Å²) < 4.78 is 7.33. The smallest absolute Gasteiger partial charge is 0.238 e. The van der Waals surface area contributed by atoms with Crippen LogP contribution in [0.3, 0.4) is 0 Å². The lowest BCUT2D eigenvalue weighted by atomic mass is 10.4. The molecule has 0 atom stereocenters. The molecule has 3 aromatic rings. The molecule has 8 heteroatoms. The Labute approximate surface area is 118 Å². The van der Waals surface area contributed by atoms with Gasteiger partial charge in [-0.25, -0.2) is 0 Å². The summed E-state index contributed by atoms with van der Waals surface area (Å²) in [4.78, 5) is 5.34. The van der Waals surface area contributed by atoms with Crippen LogP contribution >= 0.6 is 22.7 Å². The molecule has 3 heterocycles. The van der Waals surface area contributed by atoms with Gasteiger partial charge in [0.15, 0.2) is 4.96 Å². The minimum Gasteiger partial charge on any atom is -0.480 e. The van der Waals surface area contributed by atoms with Crippen LogP contribution in [0.15, 0.2) is 11.6 Å². The first-order valence-electron chi connectivity index (χ1n) is 5.86. The second-order valence-electron chi connectivity index (χ2n) is 3.83. The highest BCUT2D eigenvalue weighted by atomic mass is 32.1. The number of rotatable bonds is 5. The van der Waals surface area contributed by atoms with E-state index in [0.29, 0.717) is 12.4 Å². The van der Waals surface area contributed by atoms with E-state index in [1.54, 1.807) is 29.8 Å². The van der Waals surface area contributed by atoms with E-state index in [1.807, 2.05) is 16.0 Å². The maximum Gasteiger partial charge on any atom is 0.238 e. The Morgan fingerprint density at radius 3 is 3.05 bits per heavy atom. The molecule has 3 aromatic heterocycles. The summed E-state index contributed by atoms with van der Waals surface area (Å²) in [6.45, 7) is 2.68. The molecule has 0 aliphatic heterocycles. The number of aromatic nitrogens is 4. The first kappa shape index (κ1) is 12.4. The standard InChI is InChI=1S/C11H13N5OS2/c1-3-8-14-15-10(19-8)12-6-7-9(17-2)13-11-16(7)4-5-18-11/h4-5H,3,6H2,1-2H3,(H,12,15). The zero-order chi connectivity index (χ0) is 13.2. The highest BCUT2D eigenvalue weighted by Crippen LogP contribution is 2.24. The number of fused-ring (bicyclic) bond motifs is 1. The third-order valence-corrected chi connectivity index (χ3v) is 4.48. The second-order valence-corrected chi connectivity index (χ2v) is 5.77. The van der Waals surface area contributed by atoms with E-state index in [1.165, 1.54) is 0 Å². The van der Waals surface area contributed by atoms with E-state index in [2.05, 4.69) is 27.4 Å². The molecule has 0 radical (unpaired) electrons. The van der Waals surface area contributed by atoms with Crippen LogP contribution in [-0.2, 0) is 13.0 Å². The summed E-state index contributed by atoms with van der Waals surface area (Å²) in [5, 5.41) is 15.3. The van der Waals surface area contributed by atoms with Crippen molar-refractivity contribution in [2.75, 3.05) is 12.4 Å². The van der Waals surface area contributed by atoms with Gasteiger partial charge in [-0.05, 0) is 6.42 Å². The van der Waals surface area contributed by atoms with E-state index in [9.17, 15) is 0 Å². The summed E-state index contributed by atoms with van der Waals surface area (Å²) in [6.07, 6.45) is 2.90. The minimum atomic E-state index is 0.611. The lowest BCUT2D eigenvalue weighted by molar-refractivity contribution is 0.395. The predicted molar refractivity (Wildman–Crippen MR) is 76.2 cm³/mol. The van der Waals surface area contributed by atoms with Crippen LogP contribution in [-0.4, -0.2) is 26.7 Å². The van der Waals surface area contributed by atoms with Gasteiger partial charge < -0.3 is 10.1 Å². The molecule has 0 fully saturated rings. The van der Waals surface area contributed by atoms with Gasteiger partial charge in [0.2, 0.25) is 11.0 Å². The Hall–Kier alpha value is -1.67. The Morgan fingerprint density at radius 2 is 2.32 bits per heavy atom. The van der Waals surface area contributed by atoms with Crippen molar-refractivity contribution < 1.29 is 4.74 Å². The minimum absolute atomic E-state index is 0.611. The van der Waals surface area contributed by atoms with Crippen LogP contribution < -0.4 is 10.1 Å². The van der Waals surface area contributed by atoms with Crippen LogP contribution in [0, 0.1) is 0 Å². The Bertz CT molecular complexity index is 686. The van der Waals surface area contributed by atoms with Crippen molar-refractivity contribution in [1.29, 1.82) is 0 Å². The molecule has 0 saturated carbocycles. The van der Waals surface area contributed by atoms with Crippen LogP contribution in [0.4, 0.5) is 5.13 Å². The molecule has 0 unspecified atom stereocenters. The number of nitrogens with zero attached hydrogens (tertiary/aromatic N) is 4. The monoisotopic (exact) mass is 295 g/mol. The summed E-state index contributed by atoms with van der Waals surface area (Å²) in [5.74, 6) is 0.652. The average Bonchev–Trinajstić information content (AvgIpc) is 3.11. The van der Waals surface area contributed by atoms with Gasteiger partial charge in [0.1, 0.15) is 10.7 Å². The van der Waals surface area contributed by atoms with E-state index in [-0.39, 0.29) is 0 Å². The van der Waals surface area contributed by atoms with Crippen LogP contribution in [0.5, 0.6) is 5.88 Å². The van der Waals surface area contributed by atoms with Gasteiger partial charge in [-0.1, -0.05) is 18.3 Å². The Kier molecular flexibility index (Phi) is 3.34. The van der Waals surface area contributed by atoms with Gasteiger partial charge in [-0.15, -0.1) is 21.5 Å². The molecule has 6 nitrogen and oxygen atoms in total. The molecule has 0 spiro atoms. The highest BCUT2D eigenvalue weighted by Gasteiger charge is 2.14. The molecule has 3 rings (SSSR count). The van der Waals surface area contributed by atoms with Crippen molar-refractivity contribution in [3.05, 3.63) is 22.3 Å². The second kappa shape index (κ2) is 5.14. The van der Waals surface area contributed by atoms with Crippen molar-refractivity contribution in [1.82, 2.24) is 19.6 Å². The average molecular weight is 295 g/mol. The third-order valence-electron chi connectivity index (χ3n) is 2.69. The molecule has 0 amide bonds. The number of hydrogen-bond donors (Lipinski definition) is 1. The van der Waals surface area contributed by atoms with E-state index >= 15 is 0 Å². The summed E-state index contributed by atoms with van der Waals surface area (Å²) >= 11 is 3.16. The quantitative estimate of drug-likeness (QED) is 0.783. The fourth-order valence-corrected chi connectivity index (χ4v) is 3.16. The number of imidazole rings is 1. The van der Waals surface area contributed by atoms with Gasteiger partial charge in [0, 0.05) is 11.6 Å². The first-order valence-corrected chi connectivity index (χ1v) is 7.56. The Morgan fingerprint density at radius 1 is 1.42 bits per heavy atom. The van der Waals surface area contributed by atoms with E-state index in [4.69, 9.17) is 4.74 Å². The zero-order valence-electron chi connectivity index (χ0n) is 10.6. The number of ether oxygens (including phenoxy) is 1. The van der Waals surface area contributed by atoms with Crippen molar-refractivity contribution in [3.63, 3.8) is 0 Å². The zero-order valence-corrected chi connectivity index (χ0v) is 12.2. The fraction of sp³-hybridized carbons (Fsp3) is 0.364. The molecule has 0 aliphatic rings.